The summed E-state index contributed by atoms with van der Waals surface area (Å²) in [5, 5.41) is 9.29. The molecule has 2 aliphatic rings. The number of thioether (sulfide) groups is 1. The van der Waals surface area contributed by atoms with E-state index >= 15 is 0 Å². The quantitative estimate of drug-likeness (QED) is 0.931. The summed E-state index contributed by atoms with van der Waals surface area (Å²) in [6, 6.07) is 2.08. The molecular formula is C14H19NO2S2. The highest BCUT2D eigenvalue weighted by molar-refractivity contribution is 7.98. The fourth-order valence-electron chi connectivity index (χ4n) is 2.76. The van der Waals surface area contributed by atoms with Crippen LogP contribution in [0.3, 0.4) is 0 Å². The average Bonchev–Trinajstić information content (AvgIpc) is 2.79. The third-order valence-electron chi connectivity index (χ3n) is 3.93. The van der Waals surface area contributed by atoms with E-state index in [0.29, 0.717) is 5.92 Å². The summed E-state index contributed by atoms with van der Waals surface area (Å²) in [4.78, 5) is 16.5. The van der Waals surface area contributed by atoms with Gasteiger partial charge in [0.15, 0.2) is 0 Å². The first-order chi connectivity index (χ1) is 9.13. The number of aliphatic hydroxyl groups is 1. The maximum absolute atomic E-state index is 12.4. The highest BCUT2D eigenvalue weighted by atomic mass is 32.2. The summed E-state index contributed by atoms with van der Waals surface area (Å²) >= 11 is 3.62. The van der Waals surface area contributed by atoms with Crippen molar-refractivity contribution in [2.45, 2.75) is 31.1 Å². The number of aliphatic hydroxyl groups excluding tert-OH is 1. The van der Waals surface area contributed by atoms with E-state index in [4.69, 9.17) is 0 Å². The van der Waals surface area contributed by atoms with Gasteiger partial charge in [-0.2, -0.15) is 11.8 Å². The highest BCUT2D eigenvalue weighted by Gasteiger charge is 2.29. The van der Waals surface area contributed by atoms with Crippen LogP contribution in [0.4, 0.5) is 0 Å². The van der Waals surface area contributed by atoms with Crippen molar-refractivity contribution < 1.29 is 9.90 Å². The smallest absolute Gasteiger partial charge is 0.263 e. The van der Waals surface area contributed by atoms with E-state index in [0.717, 1.165) is 36.4 Å². The standard InChI is InChI=1S/C14H19NO2S2/c1-15(7-9-4-11(16)5-9)14(17)13-6-10-8-18-3-2-12(10)19-13/h6,9,11,16H,2-5,7-8H2,1H3. The molecule has 1 fully saturated rings. The van der Waals surface area contributed by atoms with Crippen molar-refractivity contribution in [1.82, 2.24) is 4.90 Å². The fraction of sp³-hybridized carbons (Fsp3) is 0.643. The molecule has 3 rings (SSSR count). The Labute approximate surface area is 122 Å². The van der Waals surface area contributed by atoms with Crippen molar-refractivity contribution >= 4 is 29.0 Å². The Balaban J connectivity index is 1.64. The van der Waals surface area contributed by atoms with Crippen molar-refractivity contribution in [2.75, 3.05) is 19.3 Å². The monoisotopic (exact) mass is 297 g/mol. The van der Waals surface area contributed by atoms with Crippen LogP contribution < -0.4 is 0 Å². The summed E-state index contributed by atoms with van der Waals surface area (Å²) in [6.45, 7) is 0.771. The maximum Gasteiger partial charge on any atom is 0.263 e. The van der Waals surface area contributed by atoms with Crippen LogP contribution in [-0.2, 0) is 12.2 Å². The Kier molecular flexibility index (Phi) is 3.87. The second-order valence-electron chi connectivity index (χ2n) is 5.54. The van der Waals surface area contributed by atoms with E-state index < -0.39 is 0 Å². The van der Waals surface area contributed by atoms with Crippen LogP contribution >= 0.6 is 23.1 Å². The molecule has 1 aromatic rings. The Morgan fingerprint density at radius 3 is 3.00 bits per heavy atom. The zero-order valence-electron chi connectivity index (χ0n) is 11.1. The molecule has 104 valence electrons. The summed E-state index contributed by atoms with van der Waals surface area (Å²) < 4.78 is 0. The van der Waals surface area contributed by atoms with Crippen LogP contribution in [0.5, 0.6) is 0 Å². The molecule has 2 heterocycles. The van der Waals surface area contributed by atoms with Crippen LogP contribution in [0.15, 0.2) is 6.07 Å². The number of hydrogen-bond acceptors (Lipinski definition) is 4. The third kappa shape index (κ3) is 2.83. The lowest BCUT2D eigenvalue weighted by Gasteiger charge is -2.34. The number of amides is 1. The zero-order chi connectivity index (χ0) is 13.4. The number of carbonyl (C=O) groups excluding carboxylic acids is 1. The molecule has 0 atom stereocenters. The second-order valence-corrected chi connectivity index (χ2v) is 7.78. The molecule has 5 heteroatoms. The Morgan fingerprint density at radius 2 is 2.32 bits per heavy atom. The van der Waals surface area contributed by atoms with Gasteiger partial charge in [-0.05, 0) is 42.6 Å². The number of nitrogens with zero attached hydrogens (tertiary/aromatic N) is 1. The summed E-state index contributed by atoms with van der Waals surface area (Å²) in [7, 11) is 1.88. The molecule has 1 aromatic heterocycles. The first kappa shape index (κ1) is 13.5. The minimum Gasteiger partial charge on any atom is -0.393 e. The van der Waals surface area contributed by atoms with Gasteiger partial charge in [-0.15, -0.1) is 11.3 Å². The molecule has 0 aromatic carbocycles. The van der Waals surface area contributed by atoms with Gasteiger partial charge in [0.05, 0.1) is 11.0 Å². The van der Waals surface area contributed by atoms with Crippen LogP contribution in [-0.4, -0.2) is 41.4 Å². The van der Waals surface area contributed by atoms with Crippen molar-refractivity contribution in [3.63, 3.8) is 0 Å². The number of rotatable bonds is 3. The maximum atomic E-state index is 12.4. The van der Waals surface area contributed by atoms with E-state index in [2.05, 4.69) is 6.07 Å². The number of fused-ring (bicyclic) bond motifs is 1. The van der Waals surface area contributed by atoms with Gasteiger partial charge in [-0.1, -0.05) is 0 Å². The SMILES string of the molecule is CN(CC1CC(O)C1)C(=O)c1cc2c(s1)CCSC2. The number of carbonyl (C=O) groups is 1. The Hall–Kier alpha value is -0.520. The van der Waals surface area contributed by atoms with Gasteiger partial charge in [0, 0.05) is 24.2 Å². The van der Waals surface area contributed by atoms with Gasteiger partial charge in [0.2, 0.25) is 0 Å². The largest absolute Gasteiger partial charge is 0.393 e. The van der Waals surface area contributed by atoms with Crippen LogP contribution in [0.1, 0.15) is 33.0 Å². The lowest BCUT2D eigenvalue weighted by Crippen LogP contribution is -2.39. The van der Waals surface area contributed by atoms with Crippen molar-refractivity contribution in [3.8, 4) is 0 Å². The minimum atomic E-state index is -0.139. The van der Waals surface area contributed by atoms with Crippen molar-refractivity contribution in [1.29, 1.82) is 0 Å². The summed E-state index contributed by atoms with van der Waals surface area (Å²) in [5.74, 6) is 2.86. The summed E-state index contributed by atoms with van der Waals surface area (Å²) in [5.41, 5.74) is 1.36. The molecule has 0 radical (unpaired) electrons. The average molecular weight is 297 g/mol. The number of aryl methyl sites for hydroxylation is 1. The van der Waals surface area contributed by atoms with Crippen LogP contribution in [0.2, 0.25) is 0 Å². The summed E-state index contributed by atoms with van der Waals surface area (Å²) in [6.07, 6.45) is 2.65. The molecule has 1 amide bonds. The van der Waals surface area contributed by atoms with Gasteiger partial charge in [0.25, 0.3) is 5.91 Å². The Bertz CT molecular complexity index is 456. The predicted octanol–water partition coefficient (Wildman–Crippen LogP) is 2.38. The number of thiophene rings is 1. The minimum absolute atomic E-state index is 0.139. The second kappa shape index (κ2) is 5.46. The topological polar surface area (TPSA) is 40.5 Å². The Morgan fingerprint density at radius 1 is 1.53 bits per heavy atom. The molecule has 1 N–H and O–H groups in total. The zero-order valence-corrected chi connectivity index (χ0v) is 12.7. The van der Waals surface area contributed by atoms with Crippen LogP contribution in [0.25, 0.3) is 0 Å². The molecular weight excluding hydrogens is 278 g/mol. The first-order valence-corrected chi connectivity index (χ1v) is 8.73. The van der Waals surface area contributed by atoms with Gasteiger partial charge in [-0.3, -0.25) is 4.79 Å². The molecule has 3 nitrogen and oxygen atoms in total. The molecule has 19 heavy (non-hydrogen) atoms. The lowest BCUT2D eigenvalue weighted by atomic mass is 9.82. The van der Waals surface area contributed by atoms with Crippen molar-refractivity contribution in [2.24, 2.45) is 5.92 Å². The van der Waals surface area contributed by atoms with E-state index in [1.54, 1.807) is 11.3 Å². The van der Waals surface area contributed by atoms with Crippen LogP contribution in [0, 0.1) is 5.92 Å². The van der Waals surface area contributed by atoms with E-state index in [1.165, 1.54) is 16.2 Å². The van der Waals surface area contributed by atoms with Gasteiger partial charge < -0.3 is 10.0 Å². The molecule has 1 aliphatic heterocycles. The molecule has 1 saturated carbocycles. The molecule has 0 spiro atoms. The van der Waals surface area contributed by atoms with E-state index in [9.17, 15) is 9.90 Å². The molecule has 1 aliphatic carbocycles. The molecule has 0 bridgehead atoms. The highest BCUT2D eigenvalue weighted by Crippen LogP contribution is 2.33. The van der Waals surface area contributed by atoms with Gasteiger partial charge in [-0.25, -0.2) is 0 Å². The molecule has 0 saturated heterocycles. The van der Waals surface area contributed by atoms with Gasteiger partial charge >= 0.3 is 0 Å². The van der Waals surface area contributed by atoms with Crippen molar-refractivity contribution in [3.05, 3.63) is 21.4 Å². The first-order valence-electron chi connectivity index (χ1n) is 6.76. The van der Waals surface area contributed by atoms with Gasteiger partial charge in [0.1, 0.15) is 0 Å². The normalized spacial score (nSPS) is 25.6. The van der Waals surface area contributed by atoms with E-state index in [-0.39, 0.29) is 12.0 Å². The van der Waals surface area contributed by atoms with E-state index in [1.807, 2.05) is 23.7 Å². The number of hydrogen-bond donors (Lipinski definition) is 1. The lowest BCUT2D eigenvalue weighted by molar-refractivity contribution is 0.0266. The predicted molar refractivity (Wildman–Crippen MR) is 79.9 cm³/mol. The molecule has 0 unspecified atom stereocenters. The fourth-order valence-corrected chi connectivity index (χ4v) is 5.13. The third-order valence-corrected chi connectivity index (χ3v) is 6.16.